The minimum Gasteiger partial charge on any atom is -0.409 e. The summed E-state index contributed by atoms with van der Waals surface area (Å²) >= 11 is 0. The van der Waals surface area contributed by atoms with Gasteiger partial charge in [-0.05, 0) is 18.1 Å². The zero-order valence-electron chi connectivity index (χ0n) is 19.9. The quantitative estimate of drug-likeness (QED) is 0.308. The molecule has 0 aliphatic carbocycles. The third kappa shape index (κ3) is 5.57. The summed E-state index contributed by atoms with van der Waals surface area (Å²) < 4.78 is 37.4. The predicted octanol–water partition coefficient (Wildman–Crippen LogP) is 3.94. The van der Waals surface area contributed by atoms with Crippen molar-refractivity contribution in [2.24, 2.45) is 5.92 Å². The molecule has 3 rings (SSSR count). The lowest BCUT2D eigenvalue weighted by Gasteiger charge is -2.40. The summed E-state index contributed by atoms with van der Waals surface area (Å²) in [4.78, 5) is 12.7. The number of rotatable bonds is 9. The van der Waals surface area contributed by atoms with Gasteiger partial charge in [0.05, 0.1) is 31.0 Å². The van der Waals surface area contributed by atoms with Gasteiger partial charge in [0.1, 0.15) is 25.1 Å². The Hall–Kier alpha value is -2.00. The van der Waals surface area contributed by atoms with Crippen molar-refractivity contribution < 1.29 is 22.8 Å². The van der Waals surface area contributed by atoms with Crippen molar-refractivity contribution in [3.63, 3.8) is 0 Å². The number of fused-ring (bicyclic) bond motifs is 1. The van der Waals surface area contributed by atoms with Crippen LogP contribution in [0.4, 0.5) is 5.82 Å². The van der Waals surface area contributed by atoms with E-state index in [1.807, 2.05) is 17.6 Å². The monoisotopic (exact) mass is 495 g/mol. The SMILES string of the molecule is C[C@H]1[C@@H](O[Si](C)(C)C(C)(C)C)[C@H](n2cnc3c(N)ncnc32)O[C@@H]1CO[P+](=O)OCCC#N. The Morgan fingerprint density at radius 2 is 2.03 bits per heavy atom. The molecule has 2 N–H and O–H groups in total. The van der Waals surface area contributed by atoms with E-state index in [0.29, 0.717) is 11.2 Å². The molecule has 5 atom stereocenters. The Kier molecular flexibility index (Phi) is 7.83. The largest absolute Gasteiger partial charge is 0.697 e. The highest BCUT2D eigenvalue weighted by Gasteiger charge is 2.50. The Bertz CT molecular complexity index is 1040. The summed E-state index contributed by atoms with van der Waals surface area (Å²) in [5.74, 6) is 0.210. The van der Waals surface area contributed by atoms with Gasteiger partial charge in [0.25, 0.3) is 0 Å². The second kappa shape index (κ2) is 10.1. The number of nitrogens with two attached hydrogens (primary N) is 1. The summed E-state index contributed by atoms with van der Waals surface area (Å²) in [6.07, 6.45) is 1.92. The highest BCUT2D eigenvalue weighted by molar-refractivity contribution is 7.33. The molecule has 180 valence electrons. The van der Waals surface area contributed by atoms with Gasteiger partial charge in [-0.15, -0.1) is 9.05 Å². The van der Waals surface area contributed by atoms with Gasteiger partial charge in [0.15, 0.2) is 26.0 Å². The van der Waals surface area contributed by atoms with Crippen LogP contribution in [0.1, 0.15) is 40.3 Å². The van der Waals surface area contributed by atoms with E-state index in [-0.39, 0.29) is 42.5 Å². The minimum absolute atomic E-state index is 0.00656. The van der Waals surface area contributed by atoms with Crippen molar-refractivity contribution in [1.82, 2.24) is 19.5 Å². The van der Waals surface area contributed by atoms with Crippen LogP contribution in [0.5, 0.6) is 0 Å². The number of nitriles is 1. The highest BCUT2D eigenvalue weighted by Crippen LogP contribution is 2.44. The molecule has 1 fully saturated rings. The zero-order valence-corrected chi connectivity index (χ0v) is 21.8. The van der Waals surface area contributed by atoms with Gasteiger partial charge in [0.2, 0.25) is 0 Å². The lowest BCUT2D eigenvalue weighted by molar-refractivity contribution is -0.0441. The fraction of sp³-hybridized carbons (Fsp3) is 0.700. The summed E-state index contributed by atoms with van der Waals surface area (Å²) in [7, 11) is -4.51. The first-order chi connectivity index (χ1) is 15.5. The van der Waals surface area contributed by atoms with E-state index >= 15 is 0 Å². The first kappa shape index (κ1) is 25.6. The lowest BCUT2D eigenvalue weighted by atomic mass is 10.0. The van der Waals surface area contributed by atoms with Crippen LogP contribution >= 0.6 is 8.25 Å². The Balaban J connectivity index is 1.86. The molecule has 13 heteroatoms. The molecule has 1 unspecified atom stereocenters. The van der Waals surface area contributed by atoms with E-state index in [4.69, 9.17) is 29.2 Å². The maximum atomic E-state index is 12.0. The molecule has 0 radical (unpaired) electrons. The maximum absolute atomic E-state index is 12.0. The molecule has 0 aromatic carbocycles. The molecule has 0 bridgehead atoms. The average Bonchev–Trinajstić information content (AvgIpc) is 3.28. The van der Waals surface area contributed by atoms with Gasteiger partial charge in [-0.1, -0.05) is 27.7 Å². The number of hydrogen-bond acceptors (Lipinski definition) is 10. The van der Waals surface area contributed by atoms with Crippen LogP contribution in [-0.2, 0) is 22.8 Å². The molecule has 1 saturated heterocycles. The van der Waals surface area contributed by atoms with Crippen LogP contribution in [0.2, 0.25) is 18.1 Å². The molecule has 0 spiro atoms. The van der Waals surface area contributed by atoms with E-state index in [9.17, 15) is 4.57 Å². The second-order valence-electron chi connectivity index (χ2n) is 9.61. The van der Waals surface area contributed by atoms with Gasteiger partial charge >= 0.3 is 8.25 Å². The van der Waals surface area contributed by atoms with Crippen molar-refractivity contribution in [2.45, 2.75) is 70.7 Å². The molecule has 0 amide bonds. The number of imidazole rings is 1. The number of anilines is 1. The number of hydrogen-bond donors (Lipinski definition) is 1. The van der Waals surface area contributed by atoms with Gasteiger partial charge in [-0.25, -0.2) is 15.0 Å². The van der Waals surface area contributed by atoms with Crippen LogP contribution in [0.25, 0.3) is 11.2 Å². The van der Waals surface area contributed by atoms with Crippen LogP contribution in [0, 0.1) is 17.2 Å². The van der Waals surface area contributed by atoms with Crippen molar-refractivity contribution >= 4 is 33.6 Å². The second-order valence-corrected chi connectivity index (χ2v) is 15.3. The molecule has 1 aliphatic rings. The molecule has 33 heavy (non-hydrogen) atoms. The molecule has 1 aliphatic heterocycles. The van der Waals surface area contributed by atoms with Crippen LogP contribution in [-0.4, -0.2) is 53.3 Å². The average molecular weight is 496 g/mol. The Labute approximate surface area is 195 Å². The first-order valence-electron chi connectivity index (χ1n) is 10.8. The van der Waals surface area contributed by atoms with E-state index < -0.39 is 28.9 Å². The van der Waals surface area contributed by atoms with Crippen molar-refractivity contribution in [3.8, 4) is 6.07 Å². The van der Waals surface area contributed by atoms with E-state index in [2.05, 4.69) is 48.8 Å². The fourth-order valence-corrected chi connectivity index (χ4v) is 5.29. The van der Waals surface area contributed by atoms with Crippen LogP contribution in [0.3, 0.4) is 0 Å². The molecular formula is C20H32N6O5PSi+. The maximum Gasteiger partial charge on any atom is 0.697 e. The smallest absolute Gasteiger partial charge is 0.409 e. The third-order valence-electron chi connectivity index (χ3n) is 6.35. The molecular weight excluding hydrogens is 463 g/mol. The number of aromatic nitrogens is 4. The predicted molar refractivity (Wildman–Crippen MR) is 125 cm³/mol. The van der Waals surface area contributed by atoms with Gasteiger partial charge in [-0.3, -0.25) is 4.57 Å². The standard InChI is InChI=1S/C20H32N6O5PSi/c1-13-14(10-29-32(27)28-9-7-8-21)30-19(16(13)31-33(5,6)20(2,3)4)26-12-25-15-17(22)23-11-24-18(15)26/h11-14,16,19H,7,9-10H2,1-6H3,(H2,22,23,24)/q+1/t13-,14-,16-,19-/m1/s1. The summed E-state index contributed by atoms with van der Waals surface area (Å²) in [6.45, 7) is 13.0. The molecule has 2 aromatic heterocycles. The van der Waals surface area contributed by atoms with E-state index in [0.717, 1.165) is 0 Å². The van der Waals surface area contributed by atoms with Crippen molar-refractivity contribution in [1.29, 1.82) is 5.26 Å². The fourth-order valence-electron chi connectivity index (χ4n) is 3.34. The van der Waals surface area contributed by atoms with E-state index in [1.165, 1.54) is 6.33 Å². The summed E-state index contributed by atoms with van der Waals surface area (Å²) in [5, 5.41) is 8.58. The zero-order chi connectivity index (χ0) is 24.4. The Morgan fingerprint density at radius 1 is 1.30 bits per heavy atom. The van der Waals surface area contributed by atoms with Crippen LogP contribution in [0.15, 0.2) is 12.7 Å². The van der Waals surface area contributed by atoms with Gasteiger partial charge in [-0.2, -0.15) is 5.26 Å². The summed E-state index contributed by atoms with van der Waals surface area (Å²) in [5.41, 5.74) is 7.01. The molecule has 0 saturated carbocycles. The third-order valence-corrected chi connectivity index (χ3v) is 11.6. The van der Waals surface area contributed by atoms with Crippen molar-refractivity contribution in [3.05, 3.63) is 12.7 Å². The van der Waals surface area contributed by atoms with Gasteiger partial charge in [0, 0.05) is 10.5 Å². The Morgan fingerprint density at radius 3 is 2.70 bits per heavy atom. The molecule has 11 nitrogen and oxygen atoms in total. The van der Waals surface area contributed by atoms with E-state index in [1.54, 1.807) is 6.33 Å². The normalized spacial score (nSPS) is 24.2. The topological polar surface area (TPSA) is 147 Å². The van der Waals surface area contributed by atoms with Crippen molar-refractivity contribution in [2.75, 3.05) is 18.9 Å². The molecule has 3 heterocycles. The molecule has 2 aromatic rings. The number of nitrogens with zero attached hydrogens (tertiary/aromatic N) is 5. The first-order valence-corrected chi connectivity index (χ1v) is 14.8. The van der Waals surface area contributed by atoms with Gasteiger partial charge < -0.3 is 14.9 Å². The van der Waals surface area contributed by atoms with Crippen LogP contribution < -0.4 is 5.73 Å². The number of ether oxygens (including phenoxy) is 1. The highest BCUT2D eigenvalue weighted by atomic mass is 31.1. The minimum atomic E-state index is -2.35. The number of nitrogen functional groups attached to an aromatic ring is 1. The lowest BCUT2D eigenvalue weighted by Crippen LogP contribution is -2.46. The summed E-state index contributed by atoms with van der Waals surface area (Å²) in [6, 6.07) is 1.93.